The molecule has 0 radical (unpaired) electrons. The number of nitrogens with zero attached hydrogens (tertiary/aromatic N) is 5. The number of imidazole rings is 1. The number of allylic oxidation sites excluding steroid dienone is 1. The van der Waals surface area contributed by atoms with Crippen LogP contribution in [0.25, 0.3) is 0 Å². The first kappa shape index (κ1) is 34.6. The molecule has 1 aliphatic rings. The van der Waals surface area contributed by atoms with Gasteiger partial charge in [-0.05, 0) is 48.7 Å². The van der Waals surface area contributed by atoms with Crippen molar-refractivity contribution >= 4 is 29.0 Å². The van der Waals surface area contributed by atoms with Gasteiger partial charge in [0.1, 0.15) is 29.7 Å². The van der Waals surface area contributed by atoms with Crippen LogP contribution in [0.2, 0.25) is 0 Å². The first-order valence-electron chi connectivity index (χ1n) is 15.6. The third-order valence-electron chi connectivity index (χ3n) is 8.00. The minimum atomic E-state index is -0.938. The van der Waals surface area contributed by atoms with E-state index in [2.05, 4.69) is 10.3 Å². The van der Waals surface area contributed by atoms with Crippen LogP contribution in [0.3, 0.4) is 0 Å². The van der Waals surface area contributed by atoms with E-state index >= 15 is 0 Å². The van der Waals surface area contributed by atoms with Crippen LogP contribution in [0.5, 0.6) is 5.75 Å². The Hall–Kier alpha value is -5.72. The summed E-state index contributed by atoms with van der Waals surface area (Å²) < 4.78 is 36.3. The summed E-state index contributed by atoms with van der Waals surface area (Å²) in [6, 6.07) is 11.0. The first-order valence-corrected chi connectivity index (χ1v) is 15.6. The van der Waals surface area contributed by atoms with Crippen molar-refractivity contribution in [2.24, 2.45) is 12.0 Å². The Kier molecular flexibility index (Phi) is 10.9. The number of pyridine rings is 1. The second kappa shape index (κ2) is 15.5. The number of fused-ring (bicyclic) bond motifs is 1. The summed E-state index contributed by atoms with van der Waals surface area (Å²) in [5.41, 5.74) is 2.22. The molecule has 11 nitrogen and oxygen atoms in total. The number of hydrogen-bond acceptors (Lipinski definition) is 7. The van der Waals surface area contributed by atoms with E-state index in [4.69, 9.17) is 9.73 Å². The maximum absolute atomic E-state index is 14.1. The number of aryl methyl sites for hydroxylation is 1. The van der Waals surface area contributed by atoms with Gasteiger partial charge in [-0.15, -0.1) is 0 Å². The molecule has 0 aliphatic carbocycles. The van der Waals surface area contributed by atoms with Crippen molar-refractivity contribution in [3.05, 3.63) is 124 Å². The van der Waals surface area contributed by atoms with Gasteiger partial charge in [-0.25, -0.2) is 13.8 Å². The molecule has 4 aromatic rings. The fraction of sp³-hybridized carbons (Fsp3) is 0.278. The Morgan fingerprint density at radius 2 is 1.90 bits per heavy atom. The lowest BCUT2D eigenvalue weighted by molar-refractivity contribution is -0.123. The van der Waals surface area contributed by atoms with E-state index in [9.17, 15) is 28.0 Å². The number of para-hydroxylation sites is 1. The van der Waals surface area contributed by atoms with E-state index < -0.39 is 23.6 Å². The molecule has 0 saturated carbocycles. The minimum absolute atomic E-state index is 0.114. The normalized spacial score (nSPS) is 12.8. The number of nitrogens with one attached hydrogen (secondary N) is 1. The molecule has 0 saturated heterocycles. The fourth-order valence-electron chi connectivity index (χ4n) is 5.33. The third kappa shape index (κ3) is 8.61. The number of aliphatic imine (C=N–C) groups is 1. The second-order valence-corrected chi connectivity index (χ2v) is 11.9. The van der Waals surface area contributed by atoms with Gasteiger partial charge in [0.2, 0.25) is 5.91 Å². The Labute approximate surface area is 281 Å². The number of benzene rings is 2. The number of halogens is 2. The van der Waals surface area contributed by atoms with Crippen LogP contribution in [0.4, 0.5) is 14.5 Å². The number of carbonyl (C=O) groups excluding carboxylic acids is 3. The number of rotatable bonds is 14. The highest BCUT2D eigenvalue weighted by Gasteiger charge is 2.25. The molecule has 0 bridgehead atoms. The smallest absolute Gasteiger partial charge is 0.287 e. The van der Waals surface area contributed by atoms with Gasteiger partial charge in [-0.2, -0.15) is 0 Å². The maximum atomic E-state index is 14.1. The van der Waals surface area contributed by atoms with Crippen molar-refractivity contribution in [1.82, 2.24) is 24.3 Å². The largest absolute Gasteiger partial charge is 0.487 e. The Balaban J connectivity index is 1.28. The molecule has 1 N–H and O–H groups in total. The van der Waals surface area contributed by atoms with Crippen LogP contribution in [0, 0.1) is 11.6 Å². The summed E-state index contributed by atoms with van der Waals surface area (Å²) in [5, 5.41) is 2.75. The number of likely N-dealkylation sites (N-methyl/N-ethyl adjacent to an activating group) is 1. The molecule has 5 rings (SSSR count). The molecule has 1 atom stereocenters. The maximum Gasteiger partial charge on any atom is 0.287 e. The van der Waals surface area contributed by atoms with E-state index in [1.165, 1.54) is 38.4 Å². The van der Waals surface area contributed by atoms with Crippen molar-refractivity contribution in [2.45, 2.75) is 44.9 Å². The van der Waals surface area contributed by atoms with Crippen molar-refractivity contribution in [3.63, 3.8) is 0 Å². The van der Waals surface area contributed by atoms with Gasteiger partial charge in [0.15, 0.2) is 11.6 Å². The zero-order valence-corrected chi connectivity index (χ0v) is 27.4. The van der Waals surface area contributed by atoms with E-state index in [-0.39, 0.29) is 60.2 Å². The average Bonchev–Trinajstić information content (AvgIpc) is 3.69. The number of ketones is 1. The SMILES string of the molecule is CN(C)C(=O)/C=C/CC[C@H](NC(=O)c1nccn1C)C(=O)Cc1cccn(CC2=Nc3c(cccc3OCc3ccc(F)cc3F)C2)c1=O. The quantitative estimate of drug-likeness (QED) is 0.201. The van der Waals surface area contributed by atoms with E-state index in [1.807, 2.05) is 6.07 Å². The van der Waals surface area contributed by atoms with Crippen LogP contribution in [-0.4, -0.2) is 62.5 Å². The lowest BCUT2D eigenvalue weighted by Gasteiger charge is -2.17. The number of hydrogen-bond donors (Lipinski definition) is 1. The van der Waals surface area contributed by atoms with Crippen molar-refractivity contribution < 1.29 is 27.9 Å². The predicted molar refractivity (Wildman–Crippen MR) is 179 cm³/mol. The average molecular weight is 671 g/mol. The van der Waals surface area contributed by atoms with Crippen molar-refractivity contribution in [3.8, 4) is 5.75 Å². The van der Waals surface area contributed by atoms with Crippen molar-refractivity contribution in [2.75, 3.05) is 14.1 Å². The molecule has 2 aromatic carbocycles. The first-order chi connectivity index (χ1) is 23.5. The molecule has 1 aliphatic heterocycles. The van der Waals surface area contributed by atoms with Crippen LogP contribution in [0.15, 0.2) is 89.1 Å². The second-order valence-electron chi connectivity index (χ2n) is 11.9. The summed E-state index contributed by atoms with van der Waals surface area (Å²) >= 11 is 0. The fourth-order valence-corrected chi connectivity index (χ4v) is 5.33. The van der Waals surface area contributed by atoms with Gasteiger partial charge in [0, 0.05) is 75.5 Å². The highest BCUT2D eigenvalue weighted by atomic mass is 19.1. The Morgan fingerprint density at radius 1 is 1.08 bits per heavy atom. The van der Waals surface area contributed by atoms with Gasteiger partial charge in [0.05, 0.1) is 12.6 Å². The molecule has 254 valence electrons. The number of aromatic nitrogens is 3. The molecule has 2 aromatic heterocycles. The van der Waals surface area contributed by atoms with E-state index in [0.29, 0.717) is 30.0 Å². The highest BCUT2D eigenvalue weighted by molar-refractivity contribution is 5.96. The lowest BCUT2D eigenvalue weighted by Crippen LogP contribution is -2.43. The summed E-state index contributed by atoms with van der Waals surface area (Å²) in [6.45, 7) is 0.0438. The molecular weight excluding hydrogens is 634 g/mol. The topological polar surface area (TPSA) is 128 Å². The summed E-state index contributed by atoms with van der Waals surface area (Å²) in [5.74, 6) is -1.91. The molecule has 3 heterocycles. The highest BCUT2D eigenvalue weighted by Crippen LogP contribution is 2.37. The Bertz CT molecular complexity index is 2000. The Morgan fingerprint density at radius 3 is 2.63 bits per heavy atom. The zero-order valence-electron chi connectivity index (χ0n) is 27.4. The van der Waals surface area contributed by atoms with Crippen LogP contribution < -0.4 is 15.6 Å². The summed E-state index contributed by atoms with van der Waals surface area (Å²) in [6.07, 6.45) is 8.53. The monoisotopic (exact) mass is 670 g/mol. The van der Waals surface area contributed by atoms with Gasteiger partial charge in [-0.3, -0.25) is 24.2 Å². The van der Waals surface area contributed by atoms with E-state index in [0.717, 1.165) is 11.6 Å². The number of Topliss-reactive ketones (excluding diaryl/α,β-unsaturated/α-hetero) is 1. The third-order valence-corrected chi connectivity index (χ3v) is 8.00. The van der Waals surface area contributed by atoms with Crippen molar-refractivity contribution in [1.29, 1.82) is 0 Å². The minimum Gasteiger partial charge on any atom is -0.487 e. The van der Waals surface area contributed by atoms with Gasteiger partial charge in [-0.1, -0.05) is 24.3 Å². The standard InChI is InChI=1S/C36H36F2N6O5/c1-42(2)32(46)12-5-4-10-29(41-35(47)34-39-15-17-43(34)3)30(45)19-24-9-7-16-44(36(24)48)21-27-18-23-8-6-11-31(33(23)40-27)49-22-25-13-14-26(37)20-28(25)38/h5-9,11-17,20,29H,4,10,18-19,21-22H2,1-3H3,(H,41,47)/b12-5+/t29-/m0/s1. The van der Waals surface area contributed by atoms with Gasteiger partial charge < -0.3 is 24.1 Å². The molecule has 0 spiro atoms. The molecular formula is C36H36F2N6O5. The number of amides is 2. The number of carbonyl (C=O) groups is 3. The predicted octanol–water partition coefficient (Wildman–Crippen LogP) is 4.10. The molecule has 13 heteroatoms. The van der Waals surface area contributed by atoms with Crippen LogP contribution >= 0.6 is 0 Å². The van der Waals surface area contributed by atoms with Crippen LogP contribution in [0.1, 0.15) is 40.2 Å². The molecule has 0 fully saturated rings. The van der Waals surface area contributed by atoms with Gasteiger partial charge >= 0.3 is 0 Å². The van der Waals surface area contributed by atoms with E-state index in [1.54, 1.807) is 63.9 Å². The molecule has 2 amide bonds. The van der Waals surface area contributed by atoms with Crippen LogP contribution in [-0.2, 0) is 42.6 Å². The number of ether oxygens (including phenoxy) is 1. The summed E-state index contributed by atoms with van der Waals surface area (Å²) in [4.78, 5) is 62.2. The summed E-state index contributed by atoms with van der Waals surface area (Å²) in [7, 11) is 4.92. The van der Waals surface area contributed by atoms with Gasteiger partial charge in [0.25, 0.3) is 11.5 Å². The zero-order chi connectivity index (χ0) is 35.1. The lowest BCUT2D eigenvalue weighted by atomic mass is 10.00. The molecule has 49 heavy (non-hydrogen) atoms. The molecule has 0 unspecified atom stereocenters.